The second-order valence-corrected chi connectivity index (χ2v) is 7.20. The molecule has 0 aliphatic heterocycles. The highest BCUT2D eigenvalue weighted by Gasteiger charge is 1.94. The van der Waals surface area contributed by atoms with E-state index in [0.717, 1.165) is 5.75 Å². The summed E-state index contributed by atoms with van der Waals surface area (Å²) in [7, 11) is 0. The van der Waals surface area contributed by atoms with Crippen molar-refractivity contribution in [3.63, 3.8) is 0 Å². The Labute approximate surface area is 137 Å². The number of rotatable bonds is 15. The van der Waals surface area contributed by atoms with Gasteiger partial charge in [0.05, 0.1) is 0 Å². The third-order valence-electron chi connectivity index (χ3n) is 3.71. The van der Waals surface area contributed by atoms with E-state index in [1.807, 2.05) is 0 Å². The lowest BCUT2D eigenvalue weighted by Gasteiger charge is -2.00. The van der Waals surface area contributed by atoms with Crippen LogP contribution in [-0.2, 0) is 4.79 Å². The summed E-state index contributed by atoms with van der Waals surface area (Å²) >= 11 is 1.47. The van der Waals surface area contributed by atoms with Crippen LogP contribution in [0.25, 0.3) is 0 Å². The van der Waals surface area contributed by atoms with Gasteiger partial charge < -0.3 is 0 Å². The van der Waals surface area contributed by atoms with Crippen molar-refractivity contribution in [3.8, 4) is 0 Å². The molecule has 124 valence electrons. The summed E-state index contributed by atoms with van der Waals surface area (Å²) in [5, 5.41) is 0.255. The first kappa shape index (κ1) is 20.8. The molecule has 0 amide bonds. The highest BCUT2D eigenvalue weighted by Crippen LogP contribution is 2.11. The minimum Gasteiger partial charge on any atom is -0.288 e. The number of hydrogen-bond acceptors (Lipinski definition) is 2. The number of thioether (sulfide) groups is 1. The fraction of sp³-hybridized carbons (Fsp3) is 0.842. The number of unbranched alkanes of at least 4 members (excludes halogenated alkanes) is 11. The zero-order chi connectivity index (χ0) is 15.6. The number of allylic oxidation sites excluding steroid dienone is 2. The highest BCUT2D eigenvalue weighted by atomic mass is 32.2. The lowest BCUT2D eigenvalue weighted by atomic mass is 10.1. The van der Waals surface area contributed by atoms with Gasteiger partial charge in [-0.25, -0.2) is 0 Å². The number of carbonyl (C=O) groups excluding carboxylic acids is 1. The maximum Gasteiger partial charge on any atom is 0.185 e. The third kappa shape index (κ3) is 19.8. The molecule has 0 aromatic rings. The molecule has 0 N–H and O–H groups in total. The largest absolute Gasteiger partial charge is 0.288 e. The van der Waals surface area contributed by atoms with Crippen LogP contribution in [-0.4, -0.2) is 10.9 Å². The predicted molar refractivity (Wildman–Crippen MR) is 98.0 cm³/mol. The van der Waals surface area contributed by atoms with Crippen molar-refractivity contribution in [1.29, 1.82) is 0 Å². The molecule has 0 rings (SSSR count). The lowest BCUT2D eigenvalue weighted by molar-refractivity contribution is -0.109. The molecule has 0 aromatic heterocycles. The van der Waals surface area contributed by atoms with Gasteiger partial charge >= 0.3 is 0 Å². The maximum absolute atomic E-state index is 10.7. The SMILES string of the molecule is CCCCCCCC/C=C\CCCCCCCSC(C)=O. The van der Waals surface area contributed by atoms with E-state index in [4.69, 9.17) is 0 Å². The van der Waals surface area contributed by atoms with Crippen molar-refractivity contribution in [2.45, 2.75) is 97.3 Å². The summed E-state index contributed by atoms with van der Waals surface area (Å²) < 4.78 is 0. The summed E-state index contributed by atoms with van der Waals surface area (Å²) in [6, 6.07) is 0. The molecule has 0 aliphatic carbocycles. The van der Waals surface area contributed by atoms with Gasteiger partial charge in [-0.05, 0) is 32.1 Å². The molecule has 21 heavy (non-hydrogen) atoms. The van der Waals surface area contributed by atoms with Crippen molar-refractivity contribution >= 4 is 16.9 Å². The molecule has 0 fully saturated rings. The Kier molecular flexibility index (Phi) is 17.6. The van der Waals surface area contributed by atoms with Crippen LogP contribution in [0.1, 0.15) is 97.3 Å². The van der Waals surface area contributed by atoms with E-state index in [1.54, 1.807) is 6.92 Å². The molecule has 2 heteroatoms. The summed E-state index contributed by atoms with van der Waals surface area (Å²) in [4.78, 5) is 10.7. The molecule has 0 aromatic carbocycles. The molecule has 0 aliphatic rings. The van der Waals surface area contributed by atoms with Crippen LogP contribution in [0, 0.1) is 0 Å². The van der Waals surface area contributed by atoms with E-state index >= 15 is 0 Å². The zero-order valence-corrected chi connectivity index (χ0v) is 15.2. The van der Waals surface area contributed by atoms with Crippen molar-refractivity contribution in [2.75, 3.05) is 5.75 Å². The molecule has 0 heterocycles. The number of hydrogen-bond donors (Lipinski definition) is 0. The van der Waals surface area contributed by atoms with Crippen LogP contribution in [0.15, 0.2) is 12.2 Å². The van der Waals surface area contributed by atoms with Gasteiger partial charge in [-0.3, -0.25) is 4.79 Å². The van der Waals surface area contributed by atoms with E-state index in [-0.39, 0.29) is 5.12 Å². The Balaban J connectivity index is 3.07. The second-order valence-electron chi connectivity index (χ2n) is 5.92. The molecule has 0 saturated heterocycles. The Bertz CT molecular complexity index is 248. The fourth-order valence-electron chi connectivity index (χ4n) is 2.39. The van der Waals surface area contributed by atoms with E-state index in [0.29, 0.717) is 0 Å². The molecule has 0 radical (unpaired) electrons. The van der Waals surface area contributed by atoms with Crippen molar-refractivity contribution < 1.29 is 4.79 Å². The summed E-state index contributed by atoms with van der Waals surface area (Å²) in [6.07, 6.45) is 22.1. The predicted octanol–water partition coefficient (Wildman–Crippen LogP) is 6.91. The normalized spacial score (nSPS) is 11.3. The van der Waals surface area contributed by atoms with Crippen molar-refractivity contribution in [3.05, 3.63) is 12.2 Å². The van der Waals surface area contributed by atoms with Crippen LogP contribution in [0.4, 0.5) is 0 Å². The maximum atomic E-state index is 10.7. The topological polar surface area (TPSA) is 17.1 Å². The van der Waals surface area contributed by atoms with Crippen LogP contribution in [0.3, 0.4) is 0 Å². The van der Waals surface area contributed by atoms with Gasteiger partial charge in [0.15, 0.2) is 5.12 Å². The van der Waals surface area contributed by atoms with Crippen LogP contribution in [0.5, 0.6) is 0 Å². The van der Waals surface area contributed by atoms with Gasteiger partial charge in [0.25, 0.3) is 0 Å². The van der Waals surface area contributed by atoms with Gasteiger partial charge in [0.2, 0.25) is 0 Å². The van der Waals surface area contributed by atoms with E-state index in [1.165, 1.54) is 95.2 Å². The Hall–Kier alpha value is -0.240. The fourth-order valence-corrected chi connectivity index (χ4v) is 3.02. The van der Waals surface area contributed by atoms with E-state index < -0.39 is 0 Å². The summed E-state index contributed by atoms with van der Waals surface area (Å²) in [6.45, 7) is 3.93. The van der Waals surface area contributed by atoms with Gasteiger partial charge in [-0.2, -0.15) is 0 Å². The molecule has 0 atom stereocenters. The van der Waals surface area contributed by atoms with Crippen molar-refractivity contribution in [1.82, 2.24) is 0 Å². The summed E-state index contributed by atoms with van der Waals surface area (Å²) in [5.41, 5.74) is 0. The van der Waals surface area contributed by atoms with E-state index in [9.17, 15) is 4.79 Å². The second kappa shape index (κ2) is 17.8. The Morgan fingerprint density at radius 2 is 1.24 bits per heavy atom. The number of carbonyl (C=O) groups is 1. The average Bonchev–Trinajstić information content (AvgIpc) is 2.46. The Morgan fingerprint density at radius 3 is 1.76 bits per heavy atom. The monoisotopic (exact) mass is 312 g/mol. The molecule has 0 spiro atoms. The quantitative estimate of drug-likeness (QED) is 0.241. The van der Waals surface area contributed by atoms with Crippen LogP contribution < -0.4 is 0 Å². The molecule has 0 saturated carbocycles. The first-order valence-corrected chi connectivity index (χ1v) is 10.0. The zero-order valence-electron chi connectivity index (χ0n) is 14.4. The van der Waals surface area contributed by atoms with Gasteiger partial charge in [-0.15, -0.1) is 0 Å². The first-order chi connectivity index (χ1) is 10.3. The smallest absolute Gasteiger partial charge is 0.185 e. The minimum atomic E-state index is 0.255. The van der Waals surface area contributed by atoms with Crippen LogP contribution in [0.2, 0.25) is 0 Å². The van der Waals surface area contributed by atoms with Crippen molar-refractivity contribution in [2.24, 2.45) is 0 Å². The van der Waals surface area contributed by atoms with Gasteiger partial charge in [0.1, 0.15) is 0 Å². The first-order valence-electron chi connectivity index (χ1n) is 9.05. The Morgan fingerprint density at radius 1 is 0.762 bits per heavy atom. The van der Waals surface area contributed by atoms with Crippen LogP contribution >= 0.6 is 11.8 Å². The summed E-state index contributed by atoms with van der Waals surface area (Å²) in [5.74, 6) is 1.01. The van der Waals surface area contributed by atoms with Gasteiger partial charge in [0, 0.05) is 12.7 Å². The van der Waals surface area contributed by atoms with Gasteiger partial charge in [-0.1, -0.05) is 82.2 Å². The highest BCUT2D eigenvalue weighted by molar-refractivity contribution is 8.13. The average molecular weight is 313 g/mol. The molecular formula is C19H36OS. The lowest BCUT2D eigenvalue weighted by Crippen LogP contribution is -1.86. The molecule has 0 unspecified atom stereocenters. The standard InChI is InChI=1S/C19H36OS/c1-3-4-5-6-7-8-9-10-11-12-13-14-15-16-17-18-21-19(2)20/h10-11H,3-9,12-18H2,1-2H3/b11-10-. The molecular weight excluding hydrogens is 276 g/mol. The molecule has 0 bridgehead atoms. The third-order valence-corrected chi connectivity index (χ3v) is 4.61. The minimum absolute atomic E-state index is 0.255. The van der Waals surface area contributed by atoms with E-state index in [2.05, 4.69) is 19.1 Å². The molecule has 1 nitrogen and oxygen atoms in total.